The Morgan fingerprint density at radius 1 is 1.15 bits per heavy atom. The maximum atomic E-state index is 9.82. The summed E-state index contributed by atoms with van der Waals surface area (Å²) >= 11 is 0. The largest absolute Gasteiger partial charge is 0.394 e. The van der Waals surface area contributed by atoms with Crippen LogP contribution in [0.15, 0.2) is 67.0 Å². The van der Waals surface area contributed by atoms with E-state index in [4.69, 9.17) is 5.26 Å². The van der Waals surface area contributed by atoms with Gasteiger partial charge >= 0.3 is 0 Å². The van der Waals surface area contributed by atoms with E-state index in [0.29, 0.717) is 18.4 Å². The van der Waals surface area contributed by atoms with Gasteiger partial charge in [0.1, 0.15) is 5.82 Å². The molecule has 5 heteroatoms. The number of nitrogens with one attached hydrogen (secondary N) is 1. The highest BCUT2D eigenvalue weighted by atomic mass is 16.3. The zero-order valence-electron chi connectivity index (χ0n) is 19.2. The summed E-state index contributed by atoms with van der Waals surface area (Å²) in [6.45, 7) is 3.50. The van der Waals surface area contributed by atoms with Crippen LogP contribution in [0.25, 0.3) is 17.2 Å². The number of rotatable bonds is 10. The van der Waals surface area contributed by atoms with Crippen LogP contribution >= 0.6 is 0 Å². The molecule has 1 fully saturated rings. The molecule has 0 radical (unpaired) electrons. The number of aliphatic hydroxyl groups excluding tert-OH is 1. The Morgan fingerprint density at radius 2 is 1.85 bits per heavy atom. The summed E-state index contributed by atoms with van der Waals surface area (Å²) in [6, 6.07) is 19.5. The van der Waals surface area contributed by atoms with Crippen molar-refractivity contribution in [3.63, 3.8) is 0 Å². The van der Waals surface area contributed by atoms with E-state index in [-0.39, 0.29) is 12.6 Å². The number of aryl methyl sites for hydroxylation is 1. The van der Waals surface area contributed by atoms with E-state index in [1.54, 1.807) is 6.20 Å². The van der Waals surface area contributed by atoms with Crippen LogP contribution in [0.2, 0.25) is 0 Å². The van der Waals surface area contributed by atoms with Crippen molar-refractivity contribution in [2.75, 3.05) is 19.7 Å². The van der Waals surface area contributed by atoms with Crippen molar-refractivity contribution >= 4 is 6.08 Å². The average Bonchev–Trinajstić information content (AvgIpc) is 3.30. The van der Waals surface area contributed by atoms with Crippen LogP contribution in [-0.2, 0) is 6.42 Å². The molecule has 0 saturated heterocycles. The molecule has 33 heavy (non-hydrogen) atoms. The monoisotopic (exact) mass is 440 g/mol. The predicted molar refractivity (Wildman–Crippen MR) is 133 cm³/mol. The third-order valence-electron chi connectivity index (χ3n) is 6.62. The highest BCUT2D eigenvalue weighted by molar-refractivity contribution is 5.66. The van der Waals surface area contributed by atoms with E-state index in [1.807, 2.05) is 16.8 Å². The van der Waals surface area contributed by atoms with Gasteiger partial charge in [-0.3, -0.25) is 0 Å². The predicted octanol–water partition coefficient (Wildman–Crippen LogP) is 4.97. The molecule has 1 heterocycles. The van der Waals surface area contributed by atoms with E-state index in [1.165, 1.54) is 29.5 Å². The van der Waals surface area contributed by atoms with Crippen LogP contribution in [0.3, 0.4) is 0 Å². The summed E-state index contributed by atoms with van der Waals surface area (Å²) < 4.78 is 2.03. The Kier molecular flexibility index (Phi) is 7.72. The lowest BCUT2D eigenvalue weighted by molar-refractivity contribution is 0.251. The number of aliphatic hydroxyl groups is 1. The fourth-order valence-corrected chi connectivity index (χ4v) is 4.62. The second-order valence-electron chi connectivity index (χ2n) is 8.78. The first-order chi connectivity index (χ1) is 16.2. The van der Waals surface area contributed by atoms with Gasteiger partial charge in [-0.2, -0.15) is 5.26 Å². The van der Waals surface area contributed by atoms with Crippen molar-refractivity contribution in [1.82, 2.24) is 14.9 Å². The highest BCUT2D eigenvalue weighted by Crippen LogP contribution is 2.41. The first kappa shape index (κ1) is 23.0. The number of benzene rings is 2. The summed E-state index contributed by atoms with van der Waals surface area (Å²) in [5.41, 5.74) is 4.95. The van der Waals surface area contributed by atoms with Crippen molar-refractivity contribution in [2.45, 2.75) is 38.1 Å². The van der Waals surface area contributed by atoms with E-state index >= 15 is 0 Å². The van der Waals surface area contributed by atoms with Crippen LogP contribution in [0, 0.1) is 17.2 Å². The molecule has 170 valence electrons. The van der Waals surface area contributed by atoms with Gasteiger partial charge in [-0.05, 0) is 53.5 Å². The van der Waals surface area contributed by atoms with Crippen molar-refractivity contribution in [3.05, 3.63) is 84.0 Å². The van der Waals surface area contributed by atoms with Crippen molar-refractivity contribution in [2.24, 2.45) is 5.92 Å². The molecule has 1 aromatic heterocycles. The maximum Gasteiger partial charge on any atom is 0.108 e. The van der Waals surface area contributed by atoms with Gasteiger partial charge in [-0.15, -0.1) is 0 Å². The van der Waals surface area contributed by atoms with E-state index < -0.39 is 0 Å². The summed E-state index contributed by atoms with van der Waals surface area (Å²) in [4.78, 5) is 4.35. The Bertz CT molecular complexity index is 1090. The zero-order valence-corrected chi connectivity index (χ0v) is 19.2. The summed E-state index contributed by atoms with van der Waals surface area (Å²) in [5.74, 6) is 2.31. The second-order valence-corrected chi connectivity index (χ2v) is 8.78. The first-order valence-electron chi connectivity index (χ1n) is 11.8. The second kappa shape index (κ2) is 11.1. The molecule has 2 aromatic carbocycles. The van der Waals surface area contributed by atoms with Crippen LogP contribution < -0.4 is 5.32 Å². The molecular weight excluding hydrogens is 408 g/mol. The normalized spacial score (nSPS) is 18.7. The minimum absolute atomic E-state index is 0.0441. The molecule has 0 unspecified atom stereocenters. The topological polar surface area (TPSA) is 73.9 Å². The average molecular weight is 441 g/mol. The molecule has 1 saturated carbocycles. The van der Waals surface area contributed by atoms with Gasteiger partial charge in [-0.25, -0.2) is 4.98 Å². The fourth-order valence-electron chi connectivity index (χ4n) is 4.62. The molecule has 1 atom stereocenters. The molecule has 1 aliphatic carbocycles. The quantitative estimate of drug-likeness (QED) is 0.345. The number of nitriles is 1. The number of hydrogen-bond acceptors (Lipinski definition) is 4. The molecule has 0 bridgehead atoms. The van der Waals surface area contributed by atoms with Gasteiger partial charge in [0, 0.05) is 18.8 Å². The molecule has 0 spiro atoms. The molecule has 5 nitrogen and oxygen atoms in total. The van der Waals surface area contributed by atoms with E-state index in [9.17, 15) is 5.11 Å². The first-order valence-corrected chi connectivity index (χ1v) is 11.8. The number of imidazole rings is 1. The van der Waals surface area contributed by atoms with Gasteiger partial charge in [0.15, 0.2) is 0 Å². The molecule has 0 amide bonds. The Morgan fingerprint density at radius 3 is 2.48 bits per heavy atom. The van der Waals surface area contributed by atoms with Crippen LogP contribution in [-0.4, -0.2) is 34.4 Å². The highest BCUT2D eigenvalue weighted by Gasteiger charge is 2.29. The van der Waals surface area contributed by atoms with Crippen LogP contribution in [0.1, 0.15) is 48.7 Å². The smallest absolute Gasteiger partial charge is 0.108 e. The van der Waals surface area contributed by atoms with Gasteiger partial charge in [0.05, 0.1) is 25.3 Å². The Labute approximate surface area is 196 Å². The lowest BCUT2D eigenvalue weighted by atomic mass is 9.71. The SMILES string of the molecule is CCc1nccn1[C@@H](/C=C/c1ccc(-c2ccc(C3CC(CNCC#N)C3)cc2)cc1)CO. The van der Waals surface area contributed by atoms with Crippen LogP contribution in [0.4, 0.5) is 0 Å². The van der Waals surface area contributed by atoms with Crippen LogP contribution in [0.5, 0.6) is 0 Å². The summed E-state index contributed by atoms with van der Waals surface area (Å²) in [5, 5.41) is 21.6. The molecular formula is C28H32N4O. The third kappa shape index (κ3) is 5.60. The lowest BCUT2D eigenvalue weighted by Crippen LogP contribution is -2.32. The lowest BCUT2D eigenvalue weighted by Gasteiger charge is -2.35. The minimum atomic E-state index is -0.108. The standard InChI is InChI=1S/C28H32N4O/c1-2-28-31-15-16-32(28)27(20-33)12-5-21-3-6-23(7-4-21)24-8-10-25(11-9-24)26-17-22(18-26)19-30-14-13-29/h3-12,15-16,22,26-27,30,33H,2,14,17-20H2,1H3/b12-5+/t22?,26?,27-/m0/s1. The molecule has 4 rings (SSSR count). The van der Waals surface area contributed by atoms with Gasteiger partial charge in [0.2, 0.25) is 0 Å². The Hall–Kier alpha value is -3.20. The summed E-state index contributed by atoms with van der Waals surface area (Å²) in [6.07, 6.45) is 11.0. The minimum Gasteiger partial charge on any atom is -0.394 e. The van der Waals surface area contributed by atoms with Crippen molar-refractivity contribution in [1.29, 1.82) is 5.26 Å². The van der Waals surface area contributed by atoms with Gasteiger partial charge in [0.25, 0.3) is 0 Å². The number of aromatic nitrogens is 2. The molecule has 3 aromatic rings. The molecule has 1 aliphatic rings. The summed E-state index contributed by atoms with van der Waals surface area (Å²) in [7, 11) is 0. The third-order valence-corrected chi connectivity index (χ3v) is 6.62. The fraction of sp³-hybridized carbons (Fsp3) is 0.357. The van der Waals surface area contributed by atoms with E-state index in [0.717, 1.165) is 24.4 Å². The van der Waals surface area contributed by atoms with Crippen molar-refractivity contribution < 1.29 is 5.11 Å². The Balaban J connectivity index is 1.34. The van der Waals surface area contributed by atoms with Gasteiger partial charge < -0.3 is 15.0 Å². The van der Waals surface area contributed by atoms with Gasteiger partial charge in [-0.1, -0.05) is 67.6 Å². The number of nitrogens with zero attached hydrogens (tertiary/aromatic N) is 3. The number of hydrogen-bond donors (Lipinski definition) is 2. The van der Waals surface area contributed by atoms with E-state index in [2.05, 4.69) is 77.9 Å². The molecule has 2 N–H and O–H groups in total. The maximum absolute atomic E-state index is 9.82. The zero-order chi connectivity index (χ0) is 23.0. The van der Waals surface area contributed by atoms with Crippen molar-refractivity contribution in [3.8, 4) is 17.2 Å². The molecule has 0 aliphatic heterocycles.